The summed E-state index contributed by atoms with van der Waals surface area (Å²) in [5.41, 5.74) is 2.02. The number of piperidine rings is 1. The molecule has 0 aromatic carbocycles. The highest BCUT2D eigenvalue weighted by molar-refractivity contribution is 7.89. The fourth-order valence-electron chi connectivity index (χ4n) is 7.69. The summed E-state index contributed by atoms with van der Waals surface area (Å²) >= 11 is 0. The summed E-state index contributed by atoms with van der Waals surface area (Å²) in [5.74, 6) is -0.0834. The number of alkyl halides is 3. The monoisotopic (exact) mass is 755 g/mol. The maximum Gasteiger partial charge on any atom is 0.418 e. The number of hydrogen-bond donors (Lipinski definition) is 2. The van der Waals surface area contributed by atoms with Gasteiger partial charge in [0.1, 0.15) is 17.0 Å². The van der Waals surface area contributed by atoms with Crippen molar-refractivity contribution in [3.8, 4) is 22.8 Å². The molecule has 13 nitrogen and oxygen atoms in total. The number of rotatable bonds is 12. The van der Waals surface area contributed by atoms with Gasteiger partial charge in [-0.3, -0.25) is 14.5 Å². The lowest BCUT2D eigenvalue weighted by Crippen LogP contribution is -2.42. The van der Waals surface area contributed by atoms with Crippen LogP contribution in [-0.4, -0.2) is 90.4 Å². The first-order valence-corrected chi connectivity index (χ1v) is 20.0. The van der Waals surface area contributed by atoms with Crippen molar-refractivity contribution in [3.05, 3.63) is 42.0 Å². The number of anilines is 2. The summed E-state index contributed by atoms with van der Waals surface area (Å²) < 4.78 is 73.7. The van der Waals surface area contributed by atoms with Gasteiger partial charge in [0, 0.05) is 62.3 Å². The minimum absolute atomic E-state index is 0.0619. The smallest absolute Gasteiger partial charge is 0.381 e. The number of amides is 1. The summed E-state index contributed by atoms with van der Waals surface area (Å²) in [7, 11) is -1.65. The van der Waals surface area contributed by atoms with E-state index < -0.39 is 33.6 Å². The molecule has 3 aliphatic rings. The number of hydrogen-bond acceptors (Lipinski definition) is 11. The minimum atomic E-state index is -4.55. The zero-order valence-electron chi connectivity index (χ0n) is 30.0. The molecule has 1 aliphatic heterocycles. The number of carbonyl (C=O) groups excluding carboxylic acids is 1. The topological polar surface area (TPSA) is 159 Å². The Labute approximate surface area is 306 Å². The number of nitrogens with one attached hydrogen (secondary N) is 2. The van der Waals surface area contributed by atoms with Crippen molar-refractivity contribution in [2.75, 3.05) is 56.0 Å². The quantitative estimate of drug-likeness (QED) is 0.183. The van der Waals surface area contributed by atoms with Crippen LogP contribution in [0, 0.1) is 11.3 Å². The molecule has 4 aromatic rings. The molecule has 1 amide bonds. The van der Waals surface area contributed by atoms with Gasteiger partial charge in [-0.1, -0.05) is 12.8 Å². The molecule has 0 bridgehead atoms. The summed E-state index contributed by atoms with van der Waals surface area (Å²) in [4.78, 5) is 42.9. The van der Waals surface area contributed by atoms with E-state index in [9.17, 15) is 26.4 Å². The lowest BCUT2D eigenvalue weighted by atomic mass is 9.86. The largest absolute Gasteiger partial charge is 0.418 e. The lowest BCUT2D eigenvalue weighted by Gasteiger charge is -2.34. The first kappa shape index (κ1) is 37.0. The molecule has 2 saturated carbocycles. The Morgan fingerprint density at radius 1 is 1.04 bits per heavy atom. The molecule has 2 aliphatic carbocycles. The van der Waals surface area contributed by atoms with Crippen LogP contribution in [0.1, 0.15) is 75.5 Å². The van der Waals surface area contributed by atoms with Gasteiger partial charge in [-0.05, 0) is 57.6 Å². The first-order valence-electron chi connectivity index (χ1n) is 18.1. The van der Waals surface area contributed by atoms with Crippen molar-refractivity contribution in [1.29, 1.82) is 0 Å². The fourth-order valence-corrected chi connectivity index (χ4v) is 8.22. The van der Waals surface area contributed by atoms with Gasteiger partial charge < -0.3 is 19.5 Å². The lowest BCUT2D eigenvalue weighted by molar-refractivity contribution is -0.138. The molecule has 284 valence electrons. The maximum atomic E-state index is 14.3. The van der Waals surface area contributed by atoms with Gasteiger partial charge in [-0.25, -0.2) is 28.4 Å². The number of fused-ring (bicyclic) bond motifs is 1. The van der Waals surface area contributed by atoms with Gasteiger partial charge in [-0.15, -0.1) is 0 Å². The molecule has 0 unspecified atom stereocenters. The van der Waals surface area contributed by atoms with Crippen molar-refractivity contribution in [2.45, 2.75) is 70.4 Å². The highest BCUT2D eigenvalue weighted by Crippen LogP contribution is 2.46. The third kappa shape index (κ3) is 8.25. The van der Waals surface area contributed by atoms with Crippen LogP contribution >= 0.6 is 0 Å². The van der Waals surface area contributed by atoms with E-state index in [4.69, 9.17) is 14.7 Å². The van der Waals surface area contributed by atoms with E-state index in [0.717, 1.165) is 43.7 Å². The number of ether oxygens (including phenoxy) is 1. The number of aromatic nitrogens is 6. The molecule has 0 radical (unpaired) electrons. The van der Waals surface area contributed by atoms with Crippen molar-refractivity contribution in [1.82, 2.24) is 34.6 Å². The SMILES string of the molecule is CCOCC1(CN(C)c2cc(-c3cnc(C4CC4)c(C(F)(F)F)c3)nc3nc(-c4cnc(N5CCC(C(=O)NS(C)(=O)=O)CC5)cn4)[nH]c23)CCCC1. The van der Waals surface area contributed by atoms with Crippen LogP contribution in [0.5, 0.6) is 0 Å². The van der Waals surface area contributed by atoms with Crippen molar-refractivity contribution >= 4 is 38.6 Å². The number of halogens is 3. The molecule has 0 spiro atoms. The molecular weight excluding hydrogens is 712 g/mol. The molecule has 4 aromatic heterocycles. The minimum Gasteiger partial charge on any atom is -0.381 e. The van der Waals surface area contributed by atoms with Gasteiger partial charge in [0.25, 0.3) is 0 Å². The number of nitrogens with zero attached hydrogens (tertiary/aromatic N) is 7. The second kappa shape index (κ2) is 14.5. The zero-order valence-corrected chi connectivity index (χ0v) is 30.9. The molecule has 5 heterocycles. The van der Waals surface area contributed by atoms with Gasteiger partial charge in [0.05, 0.1) is 47.9 Å². The number of aromatic amines is 1. The molecule has 17 heteroatoms. The third-order valence-electron chi connectivity index (χ3n) is 10.5. The highest BCUT2D eigenvalue weighted by atomic mass is 32.2. The number of imidazole rings is 1. The number of sulfonamides is 1. The third-order valence-corrected chi connectivity index (χ3v) is 11.1. The van der Waals surface area contributed by atoms with Crippen LogP contribution in [0.3, 0.4) is 0 Å². The second-order valence-corrected chi connectivity index (χ2v) is 16.4. The van der Waals surface area contributed by atoms with Crippen molar-refractivity contribution in [2.24, 2.45) is 11.3 Å². The summed E-state index contributed by atoms with van der Waals surface area (Å²) in [5, 5.41) is 0. The van der Waals surface area contributed by atoms with E-state index in [1.807, 2.05) is 18.9 Å². The average Bonchev–Trinajstić information content (AvgIpc) is 3.72. The van der Waals surface area contributed by atoms with Crippen LogP contribution in [0.25, 0.3) is 33.9 Å². The molecule has 3 fully saturated rings. The Kier molecular flexibility index (Phi) is 10.1. The Balaban J connectivity index is 1.20. The Bertz CT molecular complexity index is 2070. The molecule has 1 saturated heterocycles. The first-order chi connectivity index (χ1) is 25.2. The normalized spacial score (nSPS) is 18.1. The van der Waals surface area contributed by atoms with Gasteiger partial charge in [0.2, 0.25) is 15.9 Å². The van der Waals surface area contributed by atoms with Crippen molar-refractivity contribution < 1.29 is 31.1 Å². The van der Waals surface area contributed by atoms with Crippen LogP contribution in [0.2, 0.25) is 0 Å². The second-order valence-electron chi connectivity index (χ2n) is 14.7. The van der Waals surface area contributed by atoms with E-state index in [1.54, 1.807) is 18.5 Å². The van der Waals surface area contributed by atoms with Crippen LogP contribution in [0.15, 0.2) is 30.7 Å². The molecule has 0 atom stereocenters. The Morgan fingerprint density at radius 2 is 1.77 bits per heavy atom. The van der Waals surface area contributed by atoms with Crippen LogP contribution in [-0.2, 0) is 25.7 Å². The number of H-pyrrole nitrogens is 1. The zero-order chi connectivity index (χ0) is 37.5. The predicted molar refractivity (Wildman–Crippen MR) is 194 cm³/mol. The van der Waals surface area contributed by atoms with E-state index in [2.05, 4.69) is 29.6 Å². The van der Waals surface area contributed by atoms with Crippen LogP contribution in [0.4, 0.5) is 24.7 Å². The molecule has 2 N–H and O–H groups in total. The maximum absolute atomic E-state index is 14.3. The number of carbonyl (C=O) groups is 1. The van der Waals surface area contributed by atoms with Gasteiger partial charge >= 0.3 is 6.18 Å². The standard InChI is InChI=1S/C36H44F3N9O4S/c1-4-52-21-35(11-5-6-12-35)20-47(2)28-16-26(24-15-25(36(37,38)39)30(42-17-24)22-7-8-22)43-33-31(28)44-32(45-33)27-18-41-29(19-40-27)48-13-9-23(10-14-48)34(49)46-53(3,50)51/h15-19,22-23H,4-14,20-21H2,1-3H3,(H,46,49)(H,43,44,45). The van der Waals surface area contributed by atoms with E-state index in [1.165, 1.54) is 6.20 Å². The summed E-state index contributed by atoms with van der Waals surface area (Å²) in [6.07, 6.45) is 7.67. The van der Waals surface area contributed by atoms with Gasteiger partial charge in [-0.2, -0.15) is 13.2 Å². The summed E-state index contributed by atoms with van der Waals surface area (Å²) in [6, 6.07) is 2.96. The van der Waals surface area contributed by atoms with E-state index >= 15 is 0 Å². The molecule has 7 rings (SSSR count). The molecule has 53 heavy (non-hydrogen) atoms. The predicted octanol–water partition coefficient (Wildman–Crippen LogP) is 5.70. The van der Waals surface area contributed by atoms with Gasteiger partial charge in [0.15, 0.2) is 11.5 Å². The Morgan fingerprint density at radius 3 is 2.40 bits per heavy atom. The highest BCUT2D eigenvalue weighted by Gasteiger charge is 2.40. The van der Waals surface area contributed by atoms with E-state index in [0.29, 0.717) is 92.7 Å². The fraction of sp³-hybridized carbons (Fsp3) is 0.556. The number of pyridine rings is 2. The summed E-state index contributed by atoms with van der Waals surface area (Å²) in [6.45, 7) is 4.90. The average molecular weight is 756 g/mol. The Hall–Kier alpha value is -4.38. The van der Waals surface area contributed by atoms with Crippen LogP contribution < -0.4 is 14.5 Å². The van der Waals surface area contributed by atoms with E-state index in [-0.39, 0.29) is 22.6 Å². The molecular formula is C36H44F3N9O4S. The van der Waals surface area contributed by atoms with Crippen molar-refractivity contribution in [3.63, 3.8) is 0 Å².